The van der Waals surface area contributed by atoms with Gasteiger partial charge in [-0.3, -0.25) is 15.1 Å². The number of benzene rings is 2. The number of hydrogen-bond acceptors (Lipinski definition) is 3. The van der Waals surface area contributed by atoms with Crippen LogP contribution >= 0.6 is 0 Å². The molecule has 0 aliphatic carbocycles. The Hall–Kier alpha value is -3.01. The van der Waals surface area contributed by atoms with E-state index >= 15 is 0 Å². The Kier molecular flexibility index (Phi) is 3.43. The zero-order valence-electron chi connectivity index (χ0n) is 11.1. The minimum Gasteiger partial charge on any atom is -0.258 e. The van der Waals surface area contributed by atoms with Crippen LogP contribution in [-0.4, -0.2) is 9.91 Å². The molecule has 0 spiro atoms. The molecular formula is C17H12N2O2. The number of fused-ring (bicyclic) bond motifs is 1. The maximum atomic E-state index is 10.6. The monoisotopic (exact) mass is 276 g/mol. The normalized spacial score (nSPS) is 11.0. The van der Waals surface area contributed by atoms with Crippen LogP contribution < -0.4 is 0 Å². The topological polar surface area (TPSA) is 56.0 Å². The van der Waals surface area contributed by atoms with Gasteiger partial charge in [0.05, 0.1) is 10.4 Å². The van der Waals surface area contributed by atoms with Crippen LogP contribution in [0.25, 0.3) is 23.1 Å². The van der Waals surface area contributed by atoms with Gasteiger partial charge < -0.3 is 0 Å². The number of nitro benzene ring substituents is 1. The van der Waals surface area contributed by atoms with Crippen molar-refractivity contribution >= 4 is 28.7 Å². The molecule has 0 amide bonds. The quantitative estimate of drug-likeness (QED) is 0.529. The lowest BCUT2D eigenvalue weighted by atomic mass is 10.1. The van der Waals surface area contributed by atoms with Gasteiger partial charge in [0.1, 0.15) is 0 Å². The summed E-state index contributed by atoms with van der Waals surface area (Å²) in [6.07, 6.45) is 5.67. The van der Waals surface area contributed by atoms with E-state index in [1.807, 2.05) is 42.6 Å². The van der Waals surface area contributed by atoms with E-state index in [-0.39, 0.29) is 5.69 Å². The number of nitro groups is 1. The minimum atomic E-state index is -0.402. The second-order valence-electron chi connectivity index (χ2n) is 4.64. The molecule has 0 fully saturated rings. The van der Waals surface area contributed by atoms with Gasteiger partial charge in [0.2, 0.25) is 0 Å². The fourth-order valence-corrected chi connectivity index (χ4v) is 2.08. The van der Waals surface area contributed by atoms with Crippen molar-refractivity contribution in [2.75, 3.05) is 0 Å². The van der Waals surface area contributed by atoms with Crippen molar-refractivity contribution in [3.63, 3.8) is 0 Å². The predicted octanol–water partition coefficient (Wildman–Crippen LogP) is 4.31. The van der Waals surface area contributed by atoms with Crippen LogP contribution in [0, 0.1) is 10.1 Å². The summed E-state index contributed by atoms with van der Waals surface area (Å²) in [5.41, 5.74) is 2.96. The molecule has 2 aromatic carbocycles. The summed E-state index contributed by atoms with van der Waals surface area (Å²) in [4.78, 5) is 14.6. The third-order valence-corrected chi connectivity index (χ3v) is 3.18. The number of rotatable bonds is 3. The lowest BCUT2D eigenvalue weighted by molar-refractivity contribution is -0.384. The highest BCUT2D eigenvalue weighted by Gasteiger charge is 2.02. The van der Waals surface area contributed by atoms with Crippen molar-refractivity contribution in [2.45, 2.75) is 0 Å². The van der Waals surface area contributed by atoms with E-state index in [2.05, 4.69) is 11.1 Å². The molecule has 0 aliphatic rings. The Labute approximate surface area is 121 Å². The molecule has 1 heterocycles. The van der Waals surface area contributed by atoms with E-state index in [9.17, 15) is 10.1 Å². The third kappa shape index (κ3) is 2.95. The van der Waals surface area contributed by atoms with Gasteiger partial charge in [-0.1, -0.05) is 30.4 Å². The molecule has 0 bridgehead atoms. The summed E-state index contributed by atoms with van der Waals surface area (Å²) < 4.78 is 0. The Morgan fingerprint density at radius 2 is 1.67 bits per heavy atom. The Morgan fingerprint density at radius 3 is 2.43 bits per heavy atom. The average molecular weight is 276 g/mol. The first-order valence-corrected chi connectivity index (χ1v) is 6.50. The Morgan fingerprint density at radius 1 is 0.952 bits per heavy atom. The lowest BCUT2D eigenvalue weighted by Gasteiger charge is -1.98. The summed E-state index contributed by atoms with van der Waals surface area (Å²) in [7, 11) is 0. The number of nitrogens with zero attached hydrogens (tertiary/aromatic N) is 2. The number of para-hydroxylation sites is 1. The molecule has 0 radical (unpaired) electrons. The van der Waals surface area contributed by atoms with E-state index in [1.54, 1.807) is 12.1 Å². The summed E-state index contributed by atoms with van der Waals surface area (Å²) in [5.74, 6) is 0. The molecule has 0 unspecified atom stereocenters. The predicted molar refractivity (Wildman–Crippen MR) is 83.8 cm³/mol. The van der Waals surface area contributed by atoms with Gasteiger partial charge in [-0.15, -0.1) is 0 Å². The van der Waals surface area contributed by atoms with Gasteiger partial charge in [-0.25, -0.2) is 0 Å². The van der Waals surface area contributed by atoms with Crippen LogP contribution in [0.4, 0.5) is 5.69 Å². The second kappa shape index (κ2) is 5.54. The first kappa shape index (κ1) is 13.0. The van der Waals surface area contributed by atoms with Crippen LogP contribution in [-0.2, 0) is 0 Å². The molecule has 0 aliphatic heterocycles. The Balaban J connectivity index is 1.85. The molecule has 102 valence electrons. The van der Waals surface area contributed by atoms with Gasteiger partial charge in [0.25, 0.3) is 5.69 Å². The SMILES string of the molecule is O=[N+]([O-])c1ccc(/C=C/c2cnc3ccccc3c2)cc1. The van der Waals surface area contributed by atoms with E-state index in [4.69, 9.17) is 0 Å². The molecule has 3 rings (SSSR count). The third-order valence-electron chi connectivity index (χ3n) is 3.18. The van der Waals surface area contributed by atoms with Gasteiger partial charge in [0, 0.05) is 23.7 Å². The van der Waals surface area contributed by atoms with Crippen LogP contribution in [0.5, 0.6) is 0 Å². The van der Waals surface area contributed by atoms with Crippen molar-refractivity contribution in [2.24, 2.45) is 0 Å². The molecule has 0 N–H and O–H groups in total. The largest absolute Gasteiger partial charge is 0.269 e. The van der Waals surface area contributed by atoms with Gasteiger partial charge >= 0.3 is 0 Å². The molecule has 0 atom stereocenters. The van der Waals surface area contributed by atoms with Gasteiger partial charge in [0.15, 0.2) is 0 Å². The van der Waals surface area contributed by atoms with Crippen molar-refractivity contribution in [1.29, 1.82) is 0 Å². The highest BCUT2D eigenvalue weighted by molar-refractivity contribution is 5.82. The minimum absolute atomic E-state index is 0.0968. The second-order valence-corrected chi connectivity index (χ2v) is 4.64. The summed E-state index contributed by atoms with van der Waals surface area (Å²) in [6.45, 7) is 0. The lowest BCUT2D eigenvalue weighted by Crippen LogP contribution is -1.86. The molecule has 1 aromatic heterocycles. The highest BCUT2D eigenvalue weighted by Crippen LogP contribution is 2.16. The number of hydrogen-bond donors (Lipinski definition) is 0. The van der Waals surface area contributed by atoms with Crippen LogP contribution in [0.1, 0.15) is 11.1 Å². The van der Waals surface area contributed by atoms with E-state index in [0.717, 1.165) is 22.0 Å². The summed E-state index contributed by atoms with van der Waals surface area (Å²) >= 11 is 0. The smallest absolute Gasteiger partial charge is 0.258 e. The fraction of sp³-hybridized carbons (Fsp3) is 0. The van der Waals surface area contributed by atoms with Gasteiger partial charge in [-0.2, -0.15) is 0 Å². The van der Waals surface area contributed by atoms with Crippen LogP contribution in [0.2, 0.25) is 0 Å². The summed E-state index contributed by atoms with van der Waals surface area (Å²) in [5, 5.41) is 11.7. The van der Waals surface area contributed by atoms with Crippen molar-refractivity contribution in [1.82, 2.24) is 4.98 Å². The zero-order valence-corrected chi connectivity index (χ0v) is 11.1. The highest BCUT2D eigenvalue weighted by atomic mass is 16.6. The van der Waals surface area contributed by atoms with E-state index in [1.165, 1.54) is 12.1 Å². The number of aromatic nitrogens is 1. The molecule has 4 heteroatoms. The Bertz CT molecular complexity index is 824. The van der Waals surface area contributed by atoms with Gasteiger partial charge in [-0.05, 0) is 35.4 Å². The molecule has 3 aromatic rings. The molecular weight excluding hydrogens is 264 g/mol. The standard InChI is InChI=1S/C17H12N2O2/c20-19(21)16-9-7-13(8-10-16)5-6-14-11-15-3-1-2-4-17(15)18-12-14/h1-12H/b6-5+. The number of non-ortho nitro benzene ring substituents is 1. The van der Waals surface area contributed by atoms with Crippen molar-refractivity contribution in [3.8, 4) is 0 Å². The zero-order chi connectivity index (χ0) is 14.7. The average Bonchev–Trinajstić information content (AvgIpc) is 2.53. The van der Waals surface area contributed by atoms with Crippen LogP contribution in [0.15, 0.2) is 60.8 Å². The molecule has 21 heavy (non-hydrogen) atoms. The first-order chi connectivity index (χ1) is 10.2. The van der Waals surface area contributed by atoms with E-state index in [0.29, 0.717) is 0 Å². The maximum absolute atomic E-state index is 10.6. The van der Waals surface area contributed by atoms with Crippen molar-refractivity contribution < 1.29 is 4.92 Å². The summed E-state index contributed by atoms with van der Waals surface area (Å²) in [6, 6.07) is 16.4. The number of pyridine rings is 1. The maximum Gasteiger partial charge on any atom is 0.269 e. The fourth-order valence-electron chi connectivity index (χ4n) is 2.08. The van der Waals surface area contributed by atoms with Crippen molar-refractivity contribution in [3.05, 3.63) is 82.0 Å². The molecule has 4 nitrogen and oxygen atoms in total. The van der Waals surface area contributed by atoms with Crippen LogP contribution in [0.3, 0.4) is 0 Å². The molecule has 0 saturated heterocycles. The van der Waals surface area contributed by atoms with E-state index < -0.39 is 4.92 Å². The first-order valence-electron chi connectivity index (χ1n) is 6.50. The molecule has 0 saturated carbocycles.